The van der Waals surface area contributed by atoms with Crippen LogP contribution in [0, 0.1) is 0 Å². The van der Waals surface area contributed by atoms with Gasteiger partial charge in [0.1, 0.15) is 6.54 Å². The van der Waals surface area contributed by atoms with Crippen molar-refractivity contribution in [1.29, 1.82) is 0 Å². The first-order chi connectivity index (χ1) is 9.21. The van der Waals surface area contributed by atoms with Crippen LogP contribution in [-0.2, 0) is 24.3 Å². The molecule has 0 aromatic carbocycles. The zero-order valence-corrected chi connectivity index (χ0v) is 11.8. The van der Waals surface area contributed by atoms with E-state index >= 15 is 0 Å². The Balaban J connectivity index is 1.87. The van der Waals surface area contributed by atoms with Crippen LogP contribution >= 0.6 is 11.3 Å². The fourth-order valence-corrected chi connectivity index (χ4v) is 2.35. The smallest absolute Gasteiger partial charge is 0.241 e. The van der Waals surface area contributed by atoms with Crippen LogP contribution in [0.3, 0.4) is 0 Å². The van der Waals surface area contributed by atoms with Crippen LogP contribution in [0.25, 0.3) is 0 Å². The summed E-state index contributed by atoms with van der Waals surface area (Å²) < 4.78 is 1.60. The topological polar surface area (TPSA) is 71.8 Å². The molecular formula is C12H17N5OS. The molecule has 6 nitrogen and oxygen atoms in total. The van der Waals surface area contributed by atoms with Gasteiger partial charge in [0.15, 0.2) is 0 Å². The lowest BCUT2D eigenvalue weighted by molar-refractivity contribution is -0.121. The van der Waals surface area contributed by atoms with Crippen LogP contribution in [0.1, 0.15) is 16.8 Å². The van der Waals surface area contributed by atoms with E-state index in [-0.39, 0.29) is 12.5 Å². The molecule has 0 aliphatic carbocycles. The molecule has 0 aliphatic rings. The third kappa shape index (κ3) is 3.78. The first-order valence-electron chi connectivity index (χ1n) is 6.11. The van der Waals surface area contributed by atoms with E-state index < -0.39 is 0 Å². The number of hydrogen-bond acceptors (Lipinski definition) is 5. The number of carbonyl (C=O) groups is 1. The molecule has 2 heterocycles. The molecule has 0 atom stereocenters. The van der Waals surface area contributed by atoms with Crippen LogP contribution in [-0.4, -0.2) is 27.7 Å². The highest BCUT2D eigenvalue weighted by Crippen LogP contribution is 2.15. The summed E-state index contributed by atoms with van der Waals surface area (Å²) in [5.74, 6) is -0.0651. The Morgan fingerprint density at radius 1 is 1.47 bits per heavy atom. The van der Waals surface area contributed by atoms with Gasteiger partial charge >= 0.3 is 0 Å². The van der Waals surface area contributed by atoms with Gasteiger partial charge in [-0.15, -0.1) is 11.3 Å². The highest BCUT2D eigenvalue weighted by molar-refractivity contribution is 7.11. The Morgan fingerprint density at radius 3 is 3.00 bits per heavy atom. The van der Waals surface area contributed by atoms with Gasteiger partial charge in [0.25, 0.3) is 0 Å². The zero-order valence-electron chi connectivity index (χ0n) is 11.0. The molecule has 0 bridgehead atoms. The molecule has 0 spiro atoms. The fourth-order valence-electron chi connectivity index (χ4n) is 1.55. The van der Waals surface area contributed by atoms with Gasteiger partial charge in [0.2, 0.25) is 5.91 Å². The molecule has 7 heteroatoms. The van der Waals surface area contributed by atoms with Gasteiger partial charge in [-0.25, -0.2) is 4.98 Å². The summed E-state index contributed by atoms with van der Waals surface area (Å²) in [5, 5.41) is 11.1. The Hall–Kier alpha value is -1.89. The highest BCUT2D eigenvalue weighted by atomic mass is 32.1. The fraction of sp³-hybridized carbons (Fsp3) is 0.417. The van der Waals surface area contributed by atoms with Gasteiger partial charge in [-0.2, -0.15) is 5.10 Å². The molecular weight excluding hydrogens is 262 g/mol. The van der Waals surface area contributed by atoms with Crippen LogP contribution in [0.2, 0.25) is 0 Å². The molecule has 1 amide bonds. The minimum atomic E-state index is -0.0651. The standard InChI is InChI=1S/C12H17N5OS/c1-3-12-15-6-10(19-12)5-14-9-4-16-17(7-9)8-11(18)13-2/h4,6-7,14H,3,5,8H2,1-2H3,(H,13,18). The molecule has 0 saturated carbocycles. The number of amides is 1. The summed E-state index contributed by atoms with van der Waals surface area (Å²) in [6.07, 6.45) is 6.39. The van der Waals surface area contributed by atoms with E-state index in [1.807, 2.05) is 12.4 Å². The van der Waals surface area contributed by atoms with Crippen molar-refractivity contribution in [2.75, 3.05) is 12.4 Å². The normalized spacial score (nSPS) is 10.4. The van der Waals surface area contributed by atoms with Crippen molar-refractivity contribution in [1.82, 2.24) is 20.1 Å². The first-order valence-corrected chi connectivity index (χ1v) is 6.93. The van der Waals surface area contributed by atoms with Crippen LogP contribution < -0.4 is 10.6 Å². The summed E-state index contributed by atoms with van der Waals surface area (Å²) in [7, 11) is 1.61. The highest BCUT2D eigenvalue weighted by Gasteiger charge is 2.04. The third-order valence-electron chi connectivity index (χ3n) is 2.59. The van der Waals surface area contributed by atoms with E-state index in [9.17, 15) is 4.79 Å². The number of carbonyl (C=O) groups excluding carboxylic acids is 1. The molecule has 0 fully saturated rings. The van der Waals surface area contributed by atoms with Gasteiger partial charge in [0.05, 0.1) is 23.4 Å². The van der Waals surface area contributed by atoms with E-state index in [0.717, 1.165) is 23.7 Å². The molecule has 2 N–H and O–H groups in total. The van der Waals surface area contributed by atoms with Crippen molar-refractivity contribution in [3.63, 3.8) is 0 Å². The summed E-state index contributed by atoms with van der Waals surface area (Å²) >= 11 is 1.71. The second-order valence-electron chi connectivity index (χ2n) is 4.03. The number of thiazole rings is 1. The SMILES string of the molecule is CCc1ncc(CNc2cnn(CC(=O)NC)c2)s1. The number of hydrogen-bond donors (Lipinski definition) is 2. The Bertz CT molecular complexity index is 548. The second kappa shape index (κ2) is 6.33. The van der Waals surface area contributed by atoms with Crippen molar-refractivity contribution in [2.45, 2.75) is 26.4 Å². The number of nitrogens with zero attached hydrogens (tertiary/aromatic N) is 3. The Labute approximate surface area is 115 Å². The predicted octanol–water partition coefficient (Wildman–Crippen LogP) is 1.26. The first kappa shape index (κ1) is 13.5. The molecule has 0 radical (unpaired) electrons. The van der Waals surface area contributed by atoms with E-state index in [4.69, 9.17) is 0 Å². The van der Waals surface area contributed by atoms with Crippen molar-refractivity contribution in [2.24, 2.45) is 0 Å². The third-order valence-corrected chi connectivity index (χ3v) is 3.73. The van der Waals surface area contributed by atoms with Gasteiger partial charge in [0, 0.05) is 24.3 Å². The number of rotatable bonds is 6. The Kier molecular flexibility index (Phi) is 4.51. The minimum Gasteiger partial charge on any atom is -0.378 e. The van der Waals surface area contributed by atoms with Crippen LogP contribution in [0.15, 0.2) is 18.6 Å². The quantitative estimate of drug-likeness (QED) is 0.835. The van der Waals surface area contributed by atoms with Crippen molar-refractivity contribution < 1.29 is 4.79 Å². The predicted molar refractivity (Wildman–Crippen MR) is 75.1 cm³/mol. The zero-order chi connectivity index (χ0) is 13.7. The van der Waals surface area contributed by atoms with E-state index in [1.54, 1.807) is 29.3 Å². The lowest BCUT2D eigenvalue weighted by Crippen LogP contribution is -2.23. The average molecular weight is 279 g/mol. The van der Waals surface area contributed by atoms with Gasteiger partial charge in [-0.3, -0.25) is 9.48 Å². The van der Waals surface area contributed by atoms with Crippen molar-refractivity contribution >= 4 is 22.9 Å². The Morgan fingerprint density at radius 2 is 2.32 bits per heavy atom. The van der Waals surface area contributed by atoms with Gasteiger partial charge in [-0.1, -0.05) is 6.92 Å². The molecule has 0 aliphatic heterocycles. The summed E-state index contributed by atoms with van der Waals surface area (Å²) in [4.78, 5) is 16.7. The van der Waals surface area contributed by atoms with Gasteiger partial charge in [-0.05, 0) is 6.42 Å². The molecule has 0 unspecified atom stereocenters. The van der Waals surface area contributed by atoms with E-state index in [1.165, 1.54) is 4.88 Å². The number of nitrogens with one attached hydrogen (secondary N) is 2. The molecule has 19 heavy (non-hydrogen) atoms. The maximum Gasteiger partial charge on any atom is 0.241 e. The number of likely N-dealkylation sites (N-methyl/N-ethyl adjacent to an activating group) is 1. The molecule has 2 aromatic rings. The lowest BCUT2D eigenvalue weighted by Gasteiger charge is -2.00. The monoisotopic (exact) mass is 279 g/mol. The molecule has 102 valence electrons. The largest absolute Gasteiger partial charge is 0.378 e. The second-order valence-corrected chi connectivity index (χ2v) is 5.23. The maximum atomic E-state index is 11.2. The van der Waals surface area contributed by atoms with Crippen LogP contribution in [0.5, 0.6) is 0 Å². The van der Waals surface area contributed by atoms with E-state index in [2.05, 4.69) is 27.6 Å². The number of aryl methyl sites for hydroxylation is 1. The molecule has 2 rings (SSSR count). The van der Waals surface area contributed by atoms with Crippen molar-refractivity contribution in [3.05, 3.63) is 28.5 Å². The van der Waals surface area contributed by atoms with Crippen molar-refractivity contribution in [3.8, 4) is 0 Å². The maximum absolute atomic E-state index is 11.2. The number of aromatic nitrogens is 3. The van der Waals surface area contributed by atoms with E-state index in [0.29, 0.717) is 0 Å². The molecule has 0 saturated heterocycles. The summed E-state index contributed by atoms with van der Waals surface area (Å²) in [5.41, 5.74) is 0.898. The minimum absolute atomic E-state index is 0.0651. The summed E-state index contributed by atoms with van der Waals surface area (Å²) in [6.45, 7) is 3.06. The van der Waals surface area contributed by atoms with Gasteiger partial charge < -0.3 is 10.6 Å². The lowest BCUT2D eigenvalue weighted by atomic mass is 10.5. The summed E-state index contributed by atoms with van der Waals surface area (Å²) in [6, 6.07) is 0. The number of anilines is 1. The average Bonchev–Trinajstić information content (AvgIpc) is 3.05. The molecule has 2 aromatic heterocycles. The van der Waals surface area contributed by atoms with Crippen LogP contribution in [0.4, 0.5) is 5.69 Å².